The van der Waals surface area contributed by atoms with Crippen molar-refractivity contribution in [2.45, 2.75) is 13.3 Å². The third kappa shape index (κ3) is 4.48. The molecule has 6 nitrogen and oxygen atoms in total. The van der Waals surface area contributed by atoms with Gasteiger partial charge in [-0.15, -0.1) is 0 Å². The lowest BCUT2D eigenvalue weighted by atomic mass is 10.1. The molecule has 0 atom stereocenters. The number of aromatic nitrogens is 1. The highest BCUT2D eigenvalue weighted by Crippen LogP contribution is 2.20. The van der Waals surface area contributed by atoms with Crippen LogP contribution in [0.2, 0.25) is 5.02 Å². The summed E-state index contributed by atoms with van der Waals surface area (Å²) < 4.78 is 6.17. The van der Waals surface area contributed by atoms with E-state index in [1.807, 2.05) is 6.92 Å². The fourth-order valence-corrected chi connectivity index (χ4v) is 2.66. The van der Waals surface area contributed by atoms with Crippen molar-refractivity contribution in [3.8, 4) is 0 Å². The van der Waals surface area contributed by atoms with E-state index in [0.717, 1.165) is 5.56 Å². The van der Waals surface area contributed by atoms with Crippen molar-refractivity contribution in [3.05, 3.63) is 57.9 Å². The Bertz CT molecular complexity index is 809. The van der Waals surface area contributed by atoms with Gasteiger partial charge in [-0.05, 0) is 42.8 Å². The van der Waals surface area contributed by atoms with Crippen LogP contribution in [0, 0.1) is 6.92 Å². The van der Waals surface area contributed by atoms with Crippen LogP contribution in [0.15, 0.2) is 30.3 Å². The van der Waals surface area contributed by atoms with Crippen molar-refractivity contribution in [3.63, 3.8) is 0 Å². The van der Waals surface area contributed by atoms with Crippen LogP contribution in [0.5, 0.6) is 0 Å². The van der Waals surface area contributed by atoms with Gasteiger partial charge in [-0.2, -0.15) is 0 Å². The van der Waals surface area contributed by atoms with Gasteiger partial charge in [0.1, 0.15) is 6.54 Å². The van der Waals surface area contributed by atoms with Crippen LogP contribution in [0.25, 0.3) is 0 Å². The number of esters is 1. The summed E-state index contributed by atoms with van der Waals surface area (Å²) in [6, 6.07) is 8.45. The average Bonchev–Trinajstić information content (AvgIpc) is 2.86. The van der Waals surface area contributed by atoms with Crippen molar-refractivity contribution < 1.29 is 19.1 Å². The molecule has 0 saturated heterocycles. The summed E-state index contributed by atoms with van der Waals surface area (Å²) in [4.78, 5) is 35.7. The van der Waals surface area contributed by atoms with Gasteiger partial charge in [-0.25, -0.2) is 0 Å². The molecule has 132 valence electrons. The van der Waals surface area contributed by atoms with Crippen molar-refractivity contribution >= 4 is 29.3 Å². The molecule has 1 heterocycles. The summed E-state index contributed by atoms with van der Waals surface area (Å²) in [6.45, 7) is 1.63. The number of aryl methyl sites for hydroxylation is 1. The first kappa shape index (κ1) is 18.7. The van der Waals surface area contributed by atoms with Crippen LogP contribution in [0.3, 0.4) is 0 Å². The molecule has 2 rings (SSSR count). The maximum Gasteiger partial charge on any atom is 0.325 e. The SMILES string of the molecule is COC(=O)CNC(=O)Cc1cc(C)c(C(=O)c2ccc(Cl)cc2)n1C. The minimum atomic E-state index is -0.519. The molecule has 0 unspecified atom stereocenters. The number of hydrogen-bond donors (Lipinski definition) is 1. The largest absolute Gasteiger partial charge is 0.468 e. The molecule has 0 bridgehead atoms. The number of nitrogens with zero attached hydrogens (tertiary/aromatic N) is 1. The number of benzene rings is 1. The highest BCUT2D eigenvalue weighted by atomic mass is 35.5. The first-order valence-electron chi connectivity index (χ1n) is 7.62. The Balaban J connectivity index is 2.17. The van der Waals surface area contributed by atoms with Gasteiger partial charge in [0.2, 0.25) is 11.7 Å². The Kier molecular flexibility index (Phi) is 5.98. The monoisotopic (exact) mass is 362 g/mol. The molecule has 25 heavy (non-hydrogen) atoms. The van der Waals surface area contributed by atoms with Gasteiger partial charge >= 0.3 is 5.97 Å². The second kappa shape index (κ2) is 7.98. The van der Waals surface area contributed by atoms with E-state index >= 15 is 0 Å². The predicted molar refractivity (Wildman–Crippen MR) is 93.8 cm³/mol. The maximum atomic E-state index is 12.7. The summed E-state index contributed by atoms with van der Waals surface area (Å²) in [7, 11) is 2.99. The number of carbonyl (C=O) groups excluding carboxylic acids is 3. The van der Waals surface area contributed by atoms with Crippen LogP contribution in [0.1, 0.15) is 27.3 Å². The zero-order chi connectivity index (χ0) is 18.6. The lowest BCUT2D eigenvalue weighted by molar-refractivity contribution is -0.141. The normalized spacial score (nSPS) is 10.4. The highest BCUT2D eigenvalue weighted by molar-refractivity contribution is 6.30. The standard InChI is InChI=1S/C18H19ClN2O4/c1-11-8-14(9-15(22)20-10-16(23)25-3)21(2)17(11)18(24)12-4-6-13(19)7-5-12/h4-8H,9-10H2,1-3H3,(H,20,22). The number of nitrogens with one attached hydrogen (secondary N) is 1. The van der Waals surface area contributed by atoms with E-state index in [-0.39, 0.29) is 24.7 Å². The topological polar surface area (TPSA) is 77.4 Å². The summed E-state index contributed by atoms with van der Waals surface area (Å²) in [6.07, 6.45) is 0.0578. The minimum absolute atomic E-state index is 0.0578. The zero-order valence-corrected chi connectivity index (χ0v) is 15.0. The summed E-state index contributed by atoms with van der Waals surface area (Å²) in [5, 5.41) is 3.04. The lowest BCUT2D eigenvalue weighted by Crippen LogP contribution is -2.31. The molecule has 1 amide bonds. The Hall–Kier alpha value is -2.60. The van der Waals surface area contributed by atoms with E-state index in [1.165, 1.54) is 7.11 Å². The molecule has 7 heteroatoms. The molecule has 0 aliphatic rings. The molecule has 1 aromatic heterocycles. The number of ketones is 1. The quantitative estimate of drug-likeness (QED) is 0.630. The maximum absolute atomic E-state index is 12.7. The van der Waals surface area contributed by atoms with Gasteiger partial charge in [0.15, 0.2) is 0 Å². The van der Waals surface area contributed by atoms with Gasteiger partial charge in [-0.3, -0.25) is 14.4 Å². The first-order chi connectivity index (χ1) is 11.8. The fourth-order valence-electron chi connectivity index (χ4n) is 2.53. The number of rotatable bonds is 6. The summed E-state index contributed by atoms with van der Waals surface area (Å²) in [5.74, 6) is -0.982. The number of carbonyl (C=O) groups is 3. The van der Waals surface area contributed by atoms with E-state index < -0.39 is 5.97 Å². The molecule has 0 aliphatic carbocycles. The Morgan fingerprint density at radius 3 is 2.44 bits per heavy atom. The minimum Gasteiger partial charge on any atom is -0.468 e. The van der Waals surface area contributed by atoms with E-state index in [9.17, 15) is 14.4 Å². The average molecular weight is 363 g/mol. The first-order valence-corrected chi connectivity index (χ1v) is 8.00. The van der Waals surface area contributed by atoms with Gasteiger partial charge in [0.05, 0.1) is 19.2 Å². The van der Waals surface area contributed by atoms with Crippen LogP contribution in [-0.4, -0.2) is 35.9 Å². The molecule has 0 aliphatic heterocycles. The molecule has 0 fully saturated rings. The summed E-state index contributed by atoms with van der Waals surface area (Å²) >= 11 is 5.85. The van der Waals surface area contributed by atoms with E-state index in [4.69, 9.17) is 11.6 Å². The number of ether oxygens (including phenoxy) is 1. The third-order valence-electron chi connectivity index (χ3n) is 3.84. The number of hydrogen-bond acceptors (Lipinski definition) is 4. The van der Waals surface area contributed by atoms with E-state index in [0.29, 0.717) is 22.0 Å². The van der Waals surface area contributed by atoms with Gasteiger partial charge < -0.3 is 14.6 Å². The van der Waals surface area contributed by atoms with Crippen molar-refractivity contribution in [2.24, 2.45) is 7.05 Å². The predicted octanol–water partition coefficient (Wildman–Crippen LogP) is 2.05. The molecule has 2 aromatic rings. The Morgan fingerprint density at radius 1 is 1.20 bits per heavy atom. The van der Waals surface area contributed by atoms with Crippen LogP contribution in [-0.2, 0) is 27.8 Å². The van der Waals surface area contributed by atoms with E-state index in [2.05, 4.69) is 10.1 Å². The molecular formula is C18H19ClN2O4. The highest BCUT2D eigenvalue weighted by Gasteiger charge is 2.19. The molecule has 1 aromatic carbocycles. The van der Waals surface area contributed by atoms with Crippen molar-refractivity contribution in [1.29, 1.82) is 0 Å². The van der Waals surface area contributed by atoms with Gasteiger partial charge in [-0.1, -0.05) is 11.6 Å². The second-order valence-electron chi connectivity index (χ2n) is 5.59. The second-order valence-corrected chi connectivity index (χ2v) is 6.03. The third-order valence-corrected chi connectivity index (χ3v) is 4.10. The molecule has 0 saturated carbocycles. The van der Waals surface area contributed by atoms with Crippen LogP contribution in [0.4, 0.5) is 0 Å². The summed E-state index contributed by atoms with van der Waals surface area (Å²) in [5.41, 5.74) is 2.49. The number of methoxy groups -OCH3 is 1. The Morgan fingerprint density at radius 2 is 1.84 bits per heavy atom. The van der Waals surface area contributed by atoms with Gasteiger partial charge in [0.25, 0.3) is 0 Å². The molecular weight excluding hydrogens is 344 g/mol. The van der Waals surface area contributed by atoms with Crippen LogP contribution >= 0.6 is 11.6 Å². The fraction of sp³-hybridized carbons (Fsp3) is 0.278. The van der Waals surface area contributed by atoms with E-state index in [1.54, 1.807) is 41.9 Å². The molecule has 0 radical (unpaired) electrons. The van der Waals surface area contributed by atoms with Gasteiger partial charge in [0, 0.05) is 23.3 Å². The van der Waals surface area contributed by atoms with Crippen molar-refractivity contribution in [2.75, 3.05) is 13.7 Å². The number of amides is 1. The lowest BCUT2D eigenvalue weighted by Gasteiger charge is -2.08. The Labute approximate surface area is 150 Å². The molecule has 1 N–H and O–H groups in total. The zero-order valence-electron chi connectivity index (χ0n) is 14.3. The smallest absolute Gasteiger partial charge is 0.325 e. The molecule has 0 spiro atoms. The number of halogens is 1. The van der Waals surface area contributed by atoms with Crippen molar-refractivity contribution in [1.82, 2.24) is 9.88 Å². The van der Waals surface area contributed by atoms with Crippen LogP contribution < -0.4 is 5.32 Å².